The fourth-order valence-electron chi connectivity index (χ4n) is 3.91. The van der Waals surface area contributed by atoms with Crippen molar-refractivity contribution in [2.45, 2.75) is 55.6 Å². The van der Waals surface area contributed by atoms with Crippen LogP contribution in [0.4, 0.5) is 0 Å². The van der Waals surface area contributed by atoms with Crippen LogP contribution in [0.1, 0.15) is 37.0 Å². The summed E-state index contributed by atoms with van der Waals surface area (Å²) in [5.41, 5.74) is 0.920. The molecule has 1 aliphatic carbocycles. The first-order valence-corrected chi connectivity index (χ1v) is 12.4. The molecule has 2 fully saturated rings. The van der Waals surface area contributed by atoms with Gasteiger partial charge in [-0.2, -0.15) is 0 Å². The van der Waals surface area contributed by atoms with Gasteiger partial charge in [0.05, 0.1) is 17.7 Å². The van der Waals surface area contributed by atoms with Gasteiger partial charge in [-0.25, -0.2) is 18.5 Å². The molecule has 0 radical (unpaired) electrons. The van der Waals surface area contributed by atoms with Crippen LogP contribution in [0.25, 0.3) is 0 Å². The molecule has 1 aliphatic heterocycles. The number of nitrogens with zero attached hydrogens (tertiary/aromatic N) is 2. The summed E-state index contributed by atoms with van der Waals surface area (Å²) >= 11 is 0. The normalized spacial score (nSPS) is 18.8. The fraction of sp³-hybridized carbons (Fsp3) is 0.500. The van der Waals surface area contributed by atoms with Crippen molar-refractivity contribution in [1.29, 1.82) is 0 Å². The minimum absolute atomic E-state index is 0.109. The number of hydrogen-bond donors (Lipinski definition) is 3. The van der Waals surface area contributed by atoms with Crippen LogP contribution in [0.3, 0.4) is 0 Å². The van der Waals surface area contributed by atoms with Crippen LogP contribution in [0.5, 0.6) is 0 Å². The standard InChI is InChI=1S/C22H31N5O3S/c23-31(28,29)21-7-3-17(4-8-21)16-25-22(24-12-9-20-2-1-15-30-20)26-18-10-13-27(14-11-18)19-5-6-19/h1-4,7-8,15,18-19H,5-6,9-14,16H2,(H2,23,28,29)(H2,24,25,26). The largest absolute Gasteiger partial charge is 0.469 e. The number of hydrogen-bond acceptors (Lipinski definition) is 5. The minimum Gasteiger partial charge on any atom is -0.469 e. The van der Waals surface area contributed by atoms with E-state index in [4.69, 9.17) is 14.5 Å². The Labute approximate surface area is 184 Å². The second-order valence-corrected chi connectivity index (χ2v) is 9.86. The molecule has 4 N–H and O–H groups in total. The average Bonchev–Trinajstić information content (AvgIpc) is 3.48. The second kappa shape index (κ2) is 9.84. The average molecular weight is 446 g/mol. The van der Waals surface area contributed by atoms with Crippen molar-refractivity contribution < 1.29 is 12.8 Å². The maximum atomic E-state index is 11.4. The lowest BCUT2D eigenvalue weighted by atomic mass is 10.1. The second-order valence-electron chi connectivity index (χ2n) is 8.30. The highest BCUT2D eigenvalue weighted by Gasteiger charge is 2.31. The molecule has 0 spiro atoms. The molecule has 2 aromatic rings. The molecule has 8 nitrogen and oxygen atoms in total. The third kappa shape index (κ3) is 6.56. The molecule has 0 bridgehead atoms. The van der Waals surface area contributed by atoms with Gasteiger partial charge >= 0.3 is 0 Å². The summed E-state index contributed by atoms with van der Waals surface area (Å²) in [7, 11) is -3.68. The third-order valence-corrected chi connectivity index (χ3v) is 6.78. The molecule has 0 unspecified atom stereocenters. The van der Waals surface area contributed by atoms with Gasteiger partial charge in [-0.05, 0) is 55.5 Å². The van der Waals surface area contributed by atoms with Gasteiger partial charge in [0, 0.05) is 38.1 Å². The molecule has 9 heteroatoms. The Morgan fingerprint density at radius 1 is 1.13 bits per heavy atom. The zero-order valence-electron chi connectivity index (χ0n) is 17.7. The van der Waals surface area contributed by atoms with E-state index in [9.17, 15) is 8.42 Å². The van der Waals surface area contributed by atoms with Crippen LogP contribution in [0.15, 0.2) is 57.0 Å². The highest BCUT2D eigenvalue weighted by atomic mass is 32.2. The number of nitrogens with one attached hydrogen (secondary N) is 2. The summed E-state index contributed by atoms with van der Waals surface area (Å²) in [6.07, 6.45) is 7.38. The van der Waals surface area contributed by atoms with Crippen molar-refractivity contribution in [2.75, 3.05) is 19.6 Å². The summed E-state index contributed by atoms with van der Waals surface area (Å²) < 4.78 is 28.3. The Kier molecular flexibility index (Phi) is 6.94. The molecule has 31 heavy (non-hydrogen) atoms. The van der Waals surface area contributed by atoms with Crippen molar-refractivity contribution in [1.82, 2.24) is 15.5 Å². The molecule has 2 aliphatic rings. The summed E-state index contributed by atoms with van der Waals surface area (Å²) in [6, 6.07) is 11.6. The van der Waals surface area contributed by atoms with Crippen LogP contribution < -0.4 is 15.8 Å². The number of furan rings is 1. The van der Waals surface area contributed by atoms with E-state index < -0.39 is 10.0 Å². The first-order valence-electron chi connectivity index (χ1n) is 10.9. The molecular weight excluding hydrogens is 414 g/mol. The smallest absolute Gasteiger partial charge is 0.238 e. The number of piperidine rings is 1. The van der Waals surface area contributed by atoms with Gasteiger partial charge in [-0.3, -0.25) is 0 Å². The van der Waals surface area contributed by atoms with Crippen molar-refractivity contribution in [2.24, 2.45) is 10.1 Å². The van der Waals surface area contributed by atoms with Gasteiger partial charge in [0.15, 0.2) is 5.96 Å². The molecule has 1 saturated carbocycles. The van der Waals surface area contributed by atoms with Crippen LogP contribution in [-0.4, -0.2) is 51.0 Å². The summed E-state index contributed by atoms with van der Waals surface area (Å²) in [6.45, 7) is 3.43. The van der Waals surface area contributed by atoms with E-state index in [0.29, 0.717) is 19.1 Å². The van der Waals surface area contributed by atoms with Gasteiger partial charge in [-0.15, -0.1) is 0 Å². The maximum absolute atomic E-state index is 11.4. The van der Waals surface area contributed by atoms with Gasteiger partial charge in [0.1, 0.15) is 5.76 Å². The number of likely N-dealkylation sites (tertiary alicyclic amines) is 1. The van der Waals surface area contributed by atoms with E-state index in [-0.39, 0.29) is 4.90 Å². The SMILES string of the molecule is NS(=O)(=O)c1ccc(CN=C(NCCc2ccco2)NC2CCN(C3CC3)CC2)cc1. The van der Waals surface area contributed by atoms with E-state index in [1.54, 1.807) is 18.4 Å². The van der Waals surface area contributed by atoms with Crippen molar-refractivity contribution in [3.8, 4) is 0 Å². The lowest BCUT2D eigenvalue weighted by Gasteiger charge is -2.33. The number of nitrogens with two attached hydrogens (primary N) is 1. The monoisotopic (exact) mass is 445 g/mol. The van der Waals surface area contributed by atoms with Gasteiger partial charge in [-0.1, -0.05) is 12.1 Å². The quantitative estimate of drug-likeness (QED) is 0.422. The molecule has 1 aromatic carbocycles. The highest BCUT2D eigenvalue weighted by Crippen LogP contribution is 2.29. The van der Waals surface area contributed by atoms with Gasteiger partial charge < -0.3 is 20.0 Å². The van der Waals surface area contributed by atoms with Gasteiger partial charge in [0.25, 0.3) is 0 Å². The van der Waals surface area contributed by atoms with Crippen LogP contribution in [-0.2, 0) is 23.0 Å². The molecule has 0 atom stereocenters. The molecule has 2 heterocycles. The predicted molar refractivity (Wildman–Crippen MR) is 120 cm³/mol. The van der Waals surface area contributed by atoms with E-state index in [2.05, 4.69) is 15.5 Å². The lowest BCUT2D eigenvalue weighted by Crippen LogP contribution is -2.49. The molecule has 1 aromatic heterocycles. The van der Waals surface area contributed by atoms with E-state index in [1.807, 2.05) is 12.1 Å². The maximum Gasteiger partial charge on any atom is 0.238 e. The minimum atomic E-state index is -3.68. The first-order chi connectivity index (χ1) is 15.0. The fourth-order valence-corrected chi connectivity index (χ4v) is 4.42. The molecule has 4 rings (SSSR count). The van der Waals surface area contributed by atoms with Crippen LogP contribution >= 0.6 is 0 Å². The number of aliphatic imine (C=N–C) groups is 1. The zero-order valence-corrected chi connectivity index (χ0v) is 18.5. The summed E-state index contributed by atoms with van der Waals surface area (Å²) in [5, 5.41) is 12.2. The van der Waals surface area contributed by atoms with Gasteiger partial charge in [0.2, 0.25) is 10.0 Å². The van der Waals surface area contributed by atoms with Crippen LogP contribution in [0, 0.1) is 0 Å². The first kappa shape index (κ1) is 21.9. The van der Waals surface area contributed by atoms with Crippen molar-refractivity contribution >= 4 is 16.0 Å². The molecule has 1 saturated heterocycles. The Hall–Kier alpha value is -2.36. The Balaban J connectivity index is 1.35. The Morgan fingerprint density at radius 3 is 2.48 bits per heavy atom. The summed E-state index contributed by atoms with van der Waals surface area (Å²) in [4.78, 5) is 7.45. The topological polar surface area (TPSA) is 113 Å². The van der Waals surface area contributed by atoms with Crippen molar-refractivity contribution in [3.05, 3.63) is 54.0 Å². The van der Waals surface area contributed by atoms with Crippen molar-refractivity contribution in [3.63, 3.8) is 0 Å². The number of rotatable bonds is 8. The summed E-state index contributed by atoms with van der Waals surface area (Å²) in [5.74, 6) is 1.70. The number of guanidine groups is 1. The molecular formula is C22H31N5O3S. The van der Waals surface area contributed by atoms with E-state index >= 15 is 0 Å². The van der Waals surface area contributed by atoms with E-state index in [1.165, 1.54) is 25.0 Å². The number of benzene rings is 1. The Morgan fingerprint density at radius 2 is 1.87 bits per heavy atom. The molecule has 0 amide bonds. The third-order valence-electron chi connectivity index (χ3n) is 5.85. The molecule has 168 valence electrons. The number of sulfonamides is 1. The van der Waals surface area contributed by atoms with Crippen LogP contribution in [0.2, 0.25) is 0 Å². The Bertz CT molecular complexity index is 961. The lowest BCUT2D eigenvalue weighted by molar-refractivity contribution is 0.197. The zero-order chi connectivity index (χ0) is 21.7. The number of primary sulfonamides is 1. The predicted octanol–water partition coefficient (Wildman–Crippen LogP) is 1.83. The highest BCUT2D eigenvalue weighted by molar-refractivity contribution is 7.89. The van der Waals surface area contributed by atoms with E-state index in [0.717, 1.165) is 55.7 Å².